The predicted molar refractivity (Wildman–Crippen MR) is 142 cm³/mol. The number of aromatic amines is 1. The van der Waals surface area contributed by atoms with Crippen molar-refractivity contribution in [3.05, 3.63) is 123 Å². The van der Waals surface area contributed by atoms with Crippen molar-refractivity contribution < 1.29 is 0 Å². The molecule has 5 rings (SSSR count). The molecule has 2 aromatic heterocycles. The Bertz CT molecular complexity index is 1510. The average Bonchev–Trinajstić information content (AvgIpc) is 3.33. The van der Waals surface area contributed by atoms with Crippen LogP contribution in [-0.2, 0) is 26.1 Å². The van der Waals surface area contributed by atoms with E-state index in [1.54, 1.807) is 0 Å². The zero-order valence-electron chi connectivity index (χ0n) is 20.7. The number of rotatable bonds is 9. The van der Waals surface area contributed by atoms with Crippen LogP contribution in [0.4, 0.5) is 0 Å². The minimum atomic E-state index is -0.0511. The van der Waals surface area contributed by atoms with Gasteiger partial charge in [0, 0.05) is 24.0 Å². The van der Waals surface area contributed by atoms with Crippen LogP contribution in [0.3, 0.4) is 0 Å². The van der Waals surface area contributed by atoms with E-state index in [2.05, 4.69) is 74.8 Å². The van der Waals surface area contributed by atoms with Gasteiger partial charge in [0.1, 0.15) is 0 Å². The molecule has 3 aromatic carbocycles. The molecule has 0 radical (unpaired) electrons. The summed E-state index contributed by atoms with van der Waals surface area (Å²) < 4.78 is 1.84. The SMILES string of the molecule is Cc1ccc(C)c2[nH]c(=O)c(CN(CCc3ccccc3)Cc3nnnn3Cc3ccccc3)cc12. The topological polar surface area (TPSA) is 79.7 Å². The van der Waals surface area contributed by atoms with Gasteiger partial charge in [-0.25, -0.2) is 4.68 Å². The number of aromatic nitrogens is 5. The van der Waals surface area contributed by atoms with Gasteiger partial charge in [0.05, 0.1) is 18.6 Å². The minimum Gasteiger partial charge on any atom is -0.321 e. The number of benzene rings is 3. The predicted octanol–water partition coefficient (Wildman–Crippen LogP) is 4.42. The summed E-state index contributed by atoms with van der Waals surface area (Å²) >= 11 is 0. The van der Waals surface area contributed by atoms with Crippen molar-refractivity contribution in [1.82, 2.24) is 30.1 Å². The highest BCUT2D eigenvalue weighted by Gasteiger charge is 2.16. The van der Waals surface area contributed by atoms with Crippen molar-refractivity contribution in [1.29, 1.82) is 0 Å². The molecule has 0 fully saturated rings. The van der Waals surface area contributed by atoms with Crippen LogP contribution < -0.4 is 5.56 Å². The number of nitrogens with one attached hydrogen (secondary N) is 1. The molecule has 0 atom stereocenters. The van der Waals surface area contributed by atoms with Crippen LogP contribution in [0.15, 0.2) is 83.7 Å². The van der Waals surface area contributed by atoms with Gasteiger partial charge in [-0.3, -0.25) is 9.69 Å². The van der Waals surface area contributed by atoms with Gasteiger partial charge in [0.2, 0.25) is 0 Å². The normalized spacial score (nSPS) is 11.4. The summed E-state index contributed by atoms with van der Waals surface area (Å²) in [5.41, 5.74) is 6.21. The molecular formula is C29H30N6O. The molecule has 0 amide bonds. The number of nitrogens with zero attached hydrogens (tertiary/aromatic N) is 5. The number of hydrogen-bond donors (Lipinski definition) is 1. The summed E-state index contributed by atoms with van der Waals surface area (Å²) in [6, 6.07) is 26.8. The largest absolute Gasteiger partial charge is 0.321 e. The summed E-state index contributed by atoms with van der Waals surface area (Å²) in [4.78, 5) is 18.5. The van der Waals surface area contributed by atoms with E-state index in [4.69, 9.17) is 0 Å². The quantitative estimate of drug-likeness (QED) is 0.339. The molecule has 2 heterocycles. The molecule has 5 aromatic rings. The maximum absolute atomic E-state index is 13.1. The molecule has 0 spiro atoms. The van der Waals surface area contributed by atoms with E-state index in [-0.39, 0.29) is 5.56 Å². The molecule has 0 aliphatic rings. The molecule has 0 saturated heterocycles. The lowest BCUT2D eigenvalue weighted by atomic mass is 10.0. The smallest absolute Gasteiger partial charge is 0.252 e. The van der Waals surface area contributed by atoms with Crippen LogP contribution in [0.1, 0.15) is 33.6 Å². The monoisotopic (exact) mass is 478 g/mol. The number of tetrazole rings is 1. The third-order valence-corrected chi connectivity index (χ3v) is 6.62. The van der Waals surface area contributed by atoms with Crippen molar-refractivity contribution in [2.75, 3.05) is 6.54 Å². The molecule has 0 bridgehead atoms. The number of pyridine rings is 1. The third-order valence-electron chi connectivity index (χ3n) is 6.62. The Morgan fingerprint density at radius 1 is 0.861 bits per heavy atom. The van der Waals surface area contributed by atoms with Gasteiger partial charge in [0.25, 0.3) is 5.56 Å². The average molecular weight is 479 g/mol. The highest BCUT2D eigenvalue weighted by Crippen LogP contribution is 2.20. The standard InChI is InChI=1S/C29H30N6O/c1-21-13-14-22(2)28-26(21)17-25(29(36)30-28)19-34(16-15-23-9-5-3-6-10-23)20-27-31-32-33-35(27)18-24-11-7-4-8-12-24/h3-14,17H,15-16,18-20H2,1-2H3,(H,30,36). The molecule has 0 saturated carbocycles. The Balaban J connectivity index is 1.43. The first-order valence-electron chi connectivity index (χ1n) is 12.2. The Hall–Kier alpha value is -4.10. The fraction of sp³-hybridized carbons (Fsp3) is 0.241. The number of hydrogen-bond acceptors (Lipinski definition) is 5. The van der Waals surface area contributed by atoms with E-state index in [0.717, 1.165) is 51.9 Å². The second-order valence-electron chi connectivity index (χ2n) is 9.30. The second-order valence-corrected chi connectivity index (χ2v) is 9.30. The maximum atomic E-state index is 13.1. The van der Waals surface area contributed by atoms with Crippen LogP contribution >= 0.6 is 0 Å². The van der Waals surface area contributed by atoms with Crippen LogP contribution in [0.2, 0.25) is 0 Å². The molecule has 7 nitrogen and oxygen atoms in total. The molecule has 7 heteroatoms. The first-order chi connectivity index (χ1) is 17.6. The second kappa shape index (κ2) is 10.7. The Morgan fingerprint density at radius 3 is 2.31 bits per heavy atom. The molecule has 0 unspecified atom stereocenters. The summed E-state index contributed by atoms with van der Waals surface area (Å²) in [6.45, 7) is 6.52. The molecule has 36 heavy (non-hydrogen) atoms. The number of aryl methyl sites for hydroxylation is 2. The van der Waals surface area contributed by atoms with Crippen LogP contribution in [-0.4, -0.2) is 36.6 Å². The van der Waals surface area contributed by atoms with Crippen LogP contribution in [0.25, 0.3) is 10.9 Å². The molecule has 0 aliphatic heterocycles. The Labute approximate surface area is 210 Å². The van der Waals surface area contributed by atoms with Crippen molar-refractivity contribution in [3.8, 4) is 0 Å². The van der Waals surface area contributed by atoms with Gasteiger partial charge in [-0.2, -0.15) is 0 Å². The third kappa shape index (κ3) is 5.42. The lowest BCUT2D eigenvalue weighted by molar-refractivity contribution is 0.248. The van der Waals surface area contributed by atoms with Gasteiger partial charge >= 0.3 is 0 Å². The summed E-state index contributed by atoms with van der Waals surface area (Å²) in [5.74, 6) is 0.774. The van der Waals surface area contributed by atoms with Gasteiger partial charge in [-0.1, -0.05) is 72.8 Å². The molecule has 0 aliphatic carbocycles. The summed E-state index contributed by atoms with van der Waals surface area (Å²) in [5, 5.41) is 13.6. The zero-order chi connectivity index (χ0) is 24.9. The van der Waals surface area contributed by atoms with Gasteiger partial charge in [-0.05, 0) is 59.0 Å². The summed E-state index contributed by atoms with van der Waals surface area (Å²) in [7, 11) is 0. The van der Waals surface area contributed by atoms with E-state index in [0.29, 0.717) is 19.6 Å². The van der Waals surface area contributed by atoms with E-state index >= 15 is 0 Å². The van der Waals surface area contributed by atoms with Crippen molar-refractivity contribution in [2.45, 2.75) is 39.9 Å². The summed E-state index contributed by atoms with van der Waals surface area (Å²) in [6.07, 6.45) is 0.866. The van der Waals surface area contributed by atoms with E-state index < -0.39 is 0 Å². The first kappa shape index (κ1) is 23.6. The lowest BCUT2D eigenvalue weighted by Crippen LogP contribution is -2.30. The Morgan fingerprint density at radius 2 is 1.56 bits per heavy atom. The van der Waals surface area contributed by atoms with Crippen LogP contribution in [0.5, 0.6) is 0 Å². The lowest BCUT2D eigenvalue weighted by Gasteiger charge is -2.22. The van der Waals surface area contributed by atoms with Crippen molar-refractivity contribution in [2.24, 2.45) is 0 Å². The highest BCUT2D eigenvalue weighted by molar-refractivity contribution is 5.85. The van der Waals surface area contributed by atoms with Crippen molar-refractivity contribution >= 4 is 10.9 Å². The Kier molecular flexibility index (Phi) is 7.00. The van der Waals surface area contributed by atoms with Gasteiger partial charge < -0.3 is 4.98 Å². The van der Waals surface area contributed by atoms with Crippen LogP contribution in [0, 0.1) is 13.8 Å². The minimum absolute atomic E-state index is 0.0511. The molecule has 1 N–H and O–H groups in total. The van der Waals surface area contributed by atoms with E-state index in [9.17, 15) is 4.79 Å². The van der Waals surface area contributed by atoms with E-state index in [1.807, 2.05) is 48.0 Å². The highest BCUT2D eigenvalue weighted by atomic mass is 16.1. The number of fused-ring (bicyclic) bond motifs is 1. The van der Waals surface area contributed by atoms with Gasteiger partial charge in [0.15, 0.2) is 5.82 Å². The number of H-pyrrole nitrogens is 1. The maximum Gasteiger partial charge on any atom is 0.252 e. The van der Waals surface area contributed by atoms with Gasteiger partial charge in [-0.15, -0.1) is 5.10 Å². The molecule has 182 valence electrons. The fourth-order valence-corrected chi connectivity index (χ4v) is 4.54. The van der Waals surface area contributed by atoms with Crippen molar-refractivity contribution in [3.63, 3.8) is 0 Å². The zero-order valence-corrected chi connectivity index (χ0v) is 20.7. The first-order valence-corrected chi connectivity index (χ1v) is 12.2. The molecular weight excluding hydrogens is 448 g/mol. The van der Waals surface area contributed by atoms with E-state index in [1.165, 1.54) is 5.56 Å². The fourth-order valence-electron chi connectivity index (χ4n) is 4.54.